The molecule has 158 valence electrons. The number of carbonyl (C=O) groups is 1. The summed E-state index contributed by atoms with van der Waals surface area (Å²) < 4.78 is 46.3. The number of aromatic amines is 1. The van der Waals surface area contributed by atoms with Gasteiger partial charge < -0.3 is 10.1 Å². The van der Waals surface area contributed by atoms with Gasteiger partial charge in [0.2, 0.25) is 0 Å². The van der Waals surface area contributed by atoms with Crippen molar-refractivity contribution < 1.29 is 22.7 Å². The summed E-state index contributed by atoms with van der Waals surface area (Å²) in [5.41, 5.74) is -2.28. The van der Waals surface area contributed by atoms with Crippen LogP contribution in [-0.2, 0) is 6.18 Å². The molecule has 0 spiro atoms. The minimum atomic E-state index is -4.75. The van der Waals surface area contributed by atoms with Gasteiger partial charge in [0.1, 0.15) is 17.6 Å². The number of H-pyrrole nitrogens is 1. The average Bonchev–Trinajstić information content (AvgIpc) is 3.27. The number of rotatable bonds is 3. The van der Waals surface area contributed by atoms with Gasteiger partial charge in [-0.1, -0.05) is 18.2 Å². The number of halogens is 3. The molecule has 0 unspecified atom stereocenters. The molecule has 3 heterocycles. The van der Waals surface area contributed by atoms with E-state index in [4.69, 9.17) is 4.74 Å². The van der Waals surface area contributed by atoms with Gasteiger partial charge in [-0.25, -0.2) is 14.8 Å². The van der Waals surface area contributed by atoms with Crippen molar-refractivity contribution in [1.82, 2.24) is 30.0 Å². The lowest BCUT2D eigenvalue weighted by Crippen LogP contribution is -2.27. The van der Waals surface area contributed by atoms with Crippen LogP contribution in [0, 0.1) is 0 Å². The molecule has 31 heavy (non-hydrogen) atoms. The highest BCUT2D eigenvalue weighted by Crippen LogP contribution is 2.36. The highest BCUT2D eigenvalue weighted by molar-refractivity contribution is 5.93. The number of hydrogen-bond acceptors (Lipinski definition) is 6. The molecule has 0 saturated carbocycles. The lowest BCUT2D eigenvalue weighted by atomic mass is 10.1. The Morgan fingerprint density at radius 1 is 1.16 bits per heavy atom. The summed E-state index contributed by atoms with van der Waals surface area (Å²) in [5.74, 6) is -0.333. The van der Waals surface area contributed by atoms with E-state index in [9.17, 15) is 22.8 Å². The Morgan fingerprint density at radius 2 is 1.90 bits per heavy atom. The minimum absolute atomic E-state index is 0.00791. The molecule has 9 nitrogen and oxygen atoms in total. The van der Waals surface area contributed by atoms with Crippen LogP contribution in [0.2, 0.25) is 0 Å². The molecule has 0 aliphatic heterocycles. The van der Waals surface area contributed by atoms with Gasteiger partial charge in [0.05, 0.1) is 11.1 Å². The molecule has 0 aliphatic rings. The first-order valence-electron chi connectivity index (χ1n) is 8.79. The van der Waals surface area contributed by atoms with Crippen LogP contribution < -0.4 is 15.6 Å². The van der Waals surface area contributed by atoms with Crippen LogP contribution in [0.25, 0.3) is 28.1 Å². The Bertz CT molecular complexity index is 1320. The van der Waals surface area contributed by atoms with Crippen molar-refractivity contribution >= 4 is 17.1 Å². The first-order chi connectivity index (χ1) is 14.8. The number of pyridine rings is 2. The number of fused-ring (bicyclic) bond motifs is 1. The Hall–Kier alpha value is -4.22. The second-order valence-corrected chi connectivity index (χ2v) is 6.22. The number of hydrogen-bond donors (Lipinski definition) is 2. The van der Waals surface area contributed by atoms with E-state index < -0.39 is 23.5 Å². The molecule has 2 N–H and O–H groups in total. The first kappa shape index (κ1) is 20.1. The van der Waals surface area contributed by atoms with E-state index in [1.54, 1.807) is 18.2 Å². The molecular formula is C19H13F3N6O3. The standard InChI is InChI=1S/C19H13F3N6O3/c1-23-18(30)31-14-11-7-8-12(19(20,21)22)26-16(11)28(10-5-3-2-4-6-10)17(29)13(14)15-24-9-25-27-15/h2-9H,1H3,(H,23,30)(H,24,25,27). The van der Waals surface area contributed by atoms with Crippen molar-refractivity contribution in [2.75, 3.05) is 7.05 Å². The van der Waals surface area contributed by atoms with Gasteiger partial charge in [-0.15, -0.1) is 0 Å². The number of nitrogens with one attached hydrogen (secondary N) is 2. The third kappa shape index (κ3) is 3.58. The summed E-state index contributed by atoms with van der Waals surface area (Å²) >= 11 is 0. The number of amides is 1. The van der Waals surface area contributed by atoms with Gasteiger partial charge in [-0.3, -0.25) is 14.5 Å². The number of carbonyl (C=O) groups excluding carboxylic acids is 1. The van der Waals surface area contributed by atoms with Gasteiger partial charge >= 0.3 is 12.3 Å². The van der Waals surface area contributed by atoms with Crippen molar-refractivity contribution in [1.29, 1.82) is 0 Å². The van der Waals surface area contributed by atoms with E-state index in [1.165, 1.54) is 19.2 Å². The zero-order valence-electron chi connectivity index (χ0n) is 15.8. The normalized spacial score (nSPS) is 11.5. The highest BCUT2D eigenvalue weighted by Gasteiger charge is 2.34. The molecule has 0 radical (unpaired) electrons. The number of benzene rings is 1. The number of para-hydroxylation sites is 1. The topological polar surface area (TPSA) is 115 Å². The van der Waals surface area contributed by atoms with Gasteiger partial charge in [0.15, 0.2) is 17.2 Å². The maximum atomic E-state index is 13.5. The predicted octanol–water partition coefficient (Wildman–Crippen LogP) is 2.91. The second kappa shape index (κ2) is 7.55. The van der Waals surface area contributed by atoms with E-state index in [0.717, 1.165) is 23.0 Å². The fourth-order valence-corrected chi connectivity index (χ4v) is 2.99. The molecule has 1 aromatic carbocycles. The minimum Gasteiger partial charge on any atom is -0.409 e. The Kier molecular flexibility index (Phi) is 4.89. The summed E-state index contributed by atoms with van der Waals surface area (Å²) in [4.78, 5) is 33.1. The molecule has 4 aromatic rings. The molecule has 0 fully saturated rings. The van der Waals surface area contributed by atoms with Crippen molar-refractivity contribution in [2.45, 2.75) is 6.18 Å². The average molecular weight is 430 g/mol. The SMILES string of the molecule is CNC(=O)Oc1c(-c2ncn[nH]2)c(=O)n(-c2ccccc2)c2nc(C(F)(F)F)ccc12. The highest BCUT2D eigenvalue weighted by atomic mass is 19.4. The lowest BCUT2D eigenvalue weighted by molar-refractivity contribution is -0.141. The summed E-state index contributed by atoms with van der Waals surface area (Å²) in [6, 6.07) is 9.81. The van der Waals surface area contributed by atoms with E-state index in [-0.39, 0.29) is 33.9 Å². The van der Waals surface area contributed by atoms with Gasteiger partial charge in [0.25, 0.3) is 5.56 Å². The fourth-order valence-electron chi connectivity index (χ4n) is 2.99. The Morgan fingerprint density at radius 3 is 2.52 bits per heavy atom. The van der Waals surface area contributed by atoms with E-state index in [2.05, 4.69) is 25.5 Å². The number of nitrogens with zero attached hydrogens (tertiary/aromatic N) is 4. The number of ether oxygens (including phenoxy) is 1. The molecule has 0 saturated heterocycles. The maximum Gasteiger partial charge on any atom is 0.433 e. The monoisotopic (exact) mass is 430 g/mol. The number of alkyl halides is 3. The Labute approximate surface area is 171 Å². The summed E-state index contributed by atoms with van der Waals surface area (Å²) in [6.07, 6.45) is -4.55. The summed E-state index contributed by atoms with van der Waals surface area (Å²) in [6.45, 7) is 0. The van der Waals surface area contributed by atoms with Crippen molar-refractivity contribution in [3.05, 3.63) is 64.8 Å². The molecule has 12 heteroatoms. The third-order valence-electron chi connectivity index (χ3n) is 4.33. The molecule has 1 amide bonds. The van der Waals surface area contributed by atoms with E-state index >= 15 is 0 Å². The van der Waals surface area contributed by atoms with Crippen LogP contribution in [0.3, 0.4) is 0 Å². The van der Waals surface area contributed by atoms with Crippen molar-refractivity contribution in [3.63, 3.8) is 0 Å². The zero-order valence-corrected chi connectivity index (χ0v) is 15.8. The smallest absolute Gasteiger partial charge is 0.409 e. The predicted molar refractivity (Wildman–Crippen MR) is 103 cm³/mol. The van der Waals surface area contributed by atoms with Crippen LogP contribution in [0.4, 0.5) is 18.0 Å². The summed E-state index contributed by atoms with van der Waals surface area (Å²) in [5, 5.41) is 8.45. The summed E-state index contributed by atoms with van der Waals surface area (Å²) in [7, 11) is 1.30. The van der Waals surface area contributed by atoms with E-state index in [0.29, 0.717) is 0 Å². The second-order valence-electron chi connectivity index (χ2n) is 6.22. The molecule has 0 atom stereocenters. The van der Waals surface area contributed by atoms with Gasteiger partial charge in [-0.2, -0.15) is 18.3 Å². The van der Waals surface area contributed by atoms with Crippen molar-refractivity contribution in [2.24, 2.45) is 0 Å². The lowest BCUT2D eigenvalue weighted by Gasteiger charge is -2.17. The first-order valence-corrected chi connectivity index (χ1v) is 8.79. The fraction of sp³-hybridized carbons (Fsp3) is 0.105. The van der Waals surface area contributed by atoms with Crippen LogP contribution in [0.5, 0.6) is 5.75 Å². The van der Waals surface area contributed by atoms with Crippen LogP contribution in [-0.4, -0.2) is 37.9 Å². The molecule has 3 aromatic heterocycles. The van der Waals surface area contributed by atoms with Gasteiger partial charge in [-0.05, 0) is 24.3 Å². The Balaban J connectivity index is 2.18. The zero-order chi connectivity index (χ0) is 22.2. The molecule has 0 aliphatic carbocycles. The van der Waals surface area contributed by atoms with Gasteiger partial charge in [0, 0.05) is 7.05 Å². The molecule has 0 bridgehead atoms. The van der Waals surface area contributed by atoms with E-state index in [1.807, 2.05) is 0 Å². The maximum absolute atomic E-state index is 13.5. The largest absolute Gasteiger partial charge is 0.433 e. The quantitative estimate of drug-likeness (QED) is 0.517. The molecule has 4 rings (SSSR count). The number of aromatic nitrogens is 5. The van der Waals surface area contributed by atoms with Crippen molar-refractivity contribution in [3.8, 4) is 22.8 Å². The molecular weight excluding hydrogens is 417 g/mol. The van der Waals surface area contributed by atoms with Crippen LogP contribution in [0.15, 0.2) is 53.6 Å². The van der Waals surface area contributed by atoms with Crippen LogP contribution in [0.1, 0.15) is 5.69 Å². The third-order valence-corrected chi connectivity index (χ3v) is 4.33. The van der Waals surface area contributed by atoms with Crippen LogP contribution >= 0.6 is 0 Å².